The van der Waals surface area contributed by atoms with Crippen molar-refractivity contribution in [3.63, 3.8) is 0 Å². The van der Waals surface area contributed by atoms with Crippen LogP contribution in [0.3, 0.4) is 0 Å². The molecular weight excluding hydrogens is 320 g/mol. The Morgan fingerprint density at radius 1 is 1.12 bits per heavy atom. The van der Waals surface area contributed by atoms with E-state index in [9.17, 15) is 9.59 Å². The molecule has 3 N–H and O–H groups in total. The van der Waals surface area contributed by atoms with E-state index in [-0.39, 0.29) is 17.7 Å². The summed E-state index contributed by atoms with van der Waals surface area (Å²) in [6.45, 7) is 0. The number of amides is 1. The molecule has 7 nitrogen and oxygen atoms in total. The molecule has 0 saturated heterocycles. The zero-order valence-electron chi connectivity index (χ0n) is 13.5. The second-order valence-corrected chi connectivity index (χ2v) is 6.20. The molecule has 1 aliphatic carbocycles. The molecule has 1 amide bonds. The Kier molecular flexibility index (Phi) is 3.97. The Hall–Kier alpha value is -3.09. The molecule has 4 rings (SSSR count). The van der Waals surface area contributed by atoms with Gasteiger partial charge in [-0.25, -0.2) is 9.78 Å². The van der Waals surface area contributed by atoms with E-state index >= 15 is 0 Å². The lowest BCUT2D eigenvalue weighted by Gasteiger charge is -2.12. The Labute approximate surface area is 143 Å². The number of ether oxygens (including phenoxy) is 1. The van der Waals surface area contributed by atoms with E-state index in [0.29, 0.717) is 28.2 Å². The van der Waals surface area contributed by atoms with Crippen LogP contribution in [0.15, 0.2) is 41.3 Å². The number of benzene rings is 1. The minimum atomic E-state index is -0.277. The molecule has 2 aromatic heterocycles. The number of hydrogen-bond acceptors (Lipinski definition) is 4. The molecule has 128 valence electrons. The van der Waals surface area contributed by atoms with E-state index in [1.807, 2.05) is 0 Å². The first-order valence-electron chi connectivity index (χ1n) is 8.33. The van der Waals surface area contributed by atoms with Gasteiger partial charge in [0.25, 0.3) is 5.91 Å². The van der Waals surface area contributed by atoms with Crippen LogP contribution in [0.4, 0.5) is 5.69 Å². The summed E-state index contributed by atoms with van der Waals surface area (Å²) >= 11 is 0. The van der Waals surface area contributed by atoms with Gasteiger partial charge >= 0.3 is 5.69 Å². The van der Waals surface area contributed by atoms with Crippen molar-refractivity contribution in [1.82, 2.24) is 15.0 Å². The summed E-state index contributed by atoms with van der Waals surface area (Å²) in [4.78, 5) is 33.3. The second-order valence-electron chi connectivity index (χ2n) is 6.20. The van der Waals surface area contributed by atoms with Crippen LogP contribution in [0.25, 0.3) is 11.0 Å². The molecule has 1 aliphatic rings. The highest BCUT2D eigenvalue weighted by atomic mass is 16.5. The summed E-state index contributed by atoms with van der Waals surface area (Å²) in [5, 5.41) is 2.82. The van der Waals surface area contributed by atoms with E-state index in [4.69, 9.17) is 4.74 Å². The highest BCUT2D eigenvalue weighted by molar-refractivity contribution is 6.05. The van der Waals surface area contributed by atoms with E-state index in [1.165, 1.54) is 12.8 Å². The molecule has 0 spiro atoms. The summed E-state index contributed by atoms with van der Waals surface area (Å²) in [6.07, 6.45) is 6.19. The lowest BCUT2D eigenvalue weighted by atomic mass is 10.2. The standard InChI is InChI=1S/C18H18N4O3/c23-17(20-12-5-6-14-15(10-12)22-18(24)21-14)11-7-8-19-16(9-11)25-13-3-1-2-4-13/h5-10,13H,1-4H2,(H,20,23)(H2,21,22,24). The molecule has 25 heavy (non-hydrogen) atoms. The molecule has 0 radical (unpaired) electrons. The first-order valence-corrected chi connectivity index (χ1v) is 8.33. The zero-order chi connectivity index (χ0) is 17.2. The van der Waals surface area contributed by atoms with Gasteiger partial charge in [0.05, 0.1) is 11.0 Å². The molecule has 0 bridgehead atoms. The summed E-state index contributed by atoms with van der Waals surface area (Å²) in [5.74, 6) is 0.223. The highest BCUT2D eigenvalue weighted by Gasteiger charge is 2.17. The Morgan fingerprint density at radius 2 is 1.92 bits per heavy atom. The number of aromatic amines is 2. The summed E-state index contributed by atoms with van der Waals surface area (Å²) in [6, 6.07) is 8.49. The van der Waals surface area contributed by atoms with Crippen LogP contribution in [-0.4, -0.2) is 27.0 Å². The number of nitrogens with one attached hydrogen (secondary N) is 3. The fourth-order valence-electron chi connectivity index (χ4n) is 3.11. The zero-order valence-corrected chi connectivity index (χ0v) is 13.5. The molecular formula is C18H18N4O3. The van der Waals surface area contributed by atoms with Crippen LogP contribution in [0.2, 0.25) is 0 Å². The lowest BCUT2D eigenvalue weighted by Crippen LogP contribution is -2.14. The number of nitrogens with zero attached hydrogens (tertiary/aromatic N) is 1. The van der Waals surface area contributed by atoms with E-state index < -0.39 is 0 Å². The molecule has 3 aromatic rings. The number of fused-ring (bicyclic) bond motifs is 1. The van der Waals surface area contributed by atoms with Crippen LogP contribution < -0.4 is 15.7 Å². The number of carbonyl (C=O) groups is 1. The van der Waals surface area contributed by atoms with Crippen LogP contribution in [-0.2, 0) is 0 Å². The van der Waals surface area contributed by atoms with E-state index in [1.54, 1.807) is 36.5 Å². The van der Waals surface area contributed by atoms with Gasteiger partial charge < -0.3 is 20.0 Å². The monoisotopic (exact) mass is 338 g/mol. The summed E-state index contributed by atoms with van der Waals surface area (Å²) in [5.41, 5.74) is 2.14. The second kappa shape index (κ2) is 6.43. The van der Waals surface area contributed by atoms with E-state index in [2.05, 4.69) is 20.3 Å². The lowest BCUT2D eigenvalue weighted by molar-refractivity contribution is 0.102. The van der Waals surface area contributed by atoms with Gasteiger partial charge in [-0.1, -0.05) is 0 Å². The predicted molar refractivity (Wildman–Crippen MR) is 94.0 cm³/mol. The minimum absolute atomic E-state index is 0.193. The Balaban J connectivity index is 1.50. The smallest absolute Gasteiger partial charge is 0.323 e. The van der Waals surface area contributed by atoms with Crippen molar-refractivity contribution in [2.75, 3.05) is 5.32 Å². The summed E-state index contributed by atoms with van der Waals surface area (Å²) < 4.78 is 5.84. The topological polar surface area (TPSA) is 99.9 Å². The maximum atomic E-state index is 12.5. The van der Waals surface area contributed by atoms with Gasteiger partial charge in [-0.15, -0.1) is 0 Å². The molecule has 7 heteroatoms. The van der Waals surface area contributed by atoms with Crippen LogP contribution in [0.1, 0.15) is 36.0 Å². The van der Waals surface area contributed by atoms with Gasteiger partial charge in [0.1, 0.15) is 6.10 Å². The third-order valence-electron chi connectivity index (χ3n) is 4.36. The Morgan fingerprint density at radius 3 is 2.76 bits per heavy atom. The summed E-state index contributed by atoms with van der Waals surface area (Å²) in [7, 11) is 0. The third-order valence-corrected chi connectivity index (χ3v) is 4.36. The third kappa shape index (κ3) is 3.40. The average Bonchev–Trinajstić information content (AvgIpc) is 3.23. The molecule has 1 fully saturated rings. The van der Waals surface area contributed by atoms with Crippen LogP contribution in [0.5, 0.6) is 5.88 Å². The van der Waals surface area contributed by atoms with E-state index in [0.717, 1.165) is 12.8 Å². The molecule has 0 unspecified atom stereocenters. The van der Waals surface area contributed by atoms with Crippen molar-refractivity contribution in [2.45, 2.75) is 31.8 Å². The minimum Gasteiger partial charge on any atom is -0.474 e. The van der Waals surface area contributed by atoms with Gasteiger partial charge in [0.2, 0.25) is 5.88 Å². The number of pyridine rings is 1. The largest absolute Gasteiger partial charge is 0.474 e. The molecule has 1 aromatic carbocycles. The normalized spacial score (nSPS) is 14.7. The number of imidazole rings is 1. The number of H-pyrrole nitrogens is 2. The number of aromatic nitrogens is 3. The maximum Gasteiger partial charge on any atom is 0.323 e. The van der Waals surface area contributed by atoms with Gasteiger partial charge in [0, 0.05) is 23.5 Å². The van der Waals surface area contributed by atoms with Gasteiger partial charge in [-0.3, -0.25) is 4.79 Å². The number of anilines is 1. The average molecular weight is 338 g/mol. The van der Waals surface area contributed by atoms with Gasteiger partial charge in [-0.2, -0.15) is 0 Å². The fourth-order valence-corrected chi connectivity index (χ4v) is 3.11. The fraction of sp³-hybridized carbons (Fsp3) is 0.278. The first-order chi connectivity index (χ1) is 12.2. The molecule has 0 atom stereocenters. The van der Waals surface area contributed by atoms with Gasteiger partial charge in [0.15, 0.2) is 0 Å². The SMILES string of the molecule is O=C(Nc1ccc2[nH]c(=O)[nH]c2c1)c1ccnc(OC2CCCC2)c1. The van der Waals surface area contributed by atoms with Crippen LogP contribution >= 0.6 is 0 Å². The van der Waals surface area contributed by atoms with Crippen LogP contribution in [0, 0.1) is 0 Å². The molecule has 2 heterocycles. The van der Waals surface area contributed by atoms with Crippen molar-refractivity contribution in [2.24, 2.45) is 0 Å². The number of hydrogen-bond donors (Lipinski definition) is 3. The Bertz CT molecular complexity index is 970. The van der Waals surface area contributed by atoms with Crippen molar-refractivity contribution < 1.29 is 9.53 Å². The molecule has 1 saturated carbocycles. The first kappa shape index (κ1) is 15.4. The van der Waals surface area contributed by atoms with Crippen molar-refractivity contribution in [1.29, 1.82) is 0 Å². The van der Waals surface area contributed by atoms with Gasteiger partial charge in [-0.05, 0) is 49.9 Å². The molecule has 0 aliphatic heterocycles. The van der Waals surface area contributed by atoms with Crippen molar-refractivity contribution in [3.05, 3.63) is 52.6 Å². The van der Waals surface area contributed by atoms with Crippen molar-refractivity contribution >= 4 is 22.6 Å². The van der Waals surface area contributed by atoms with Crippen molar-refractivity contribution in [3.8, 4) is 5.88 Å². The maximum absolute atomic E-state index is 12.5. The number of rotatable bonds is 4. The number of carbonyl (C=O) groups excluding carboxylic acids is 1. The highest BCUT2D eigenvalue weighted by Crippen LogP contribution is 2.23. The quantitative estimate of drug-likeness (QED) is 0.681. The predicted octanol–water partition coefficient (Wildman–Crippen LogP) is 2.82.